The van der Waals surface area contributed by atoms with Gasteiger partial charge >= 0.3 is 6.03 Å². The van der Waals surface area contributed by atoms with E-state index in [1.807, 2.05) is 4.90 Å². The van der Waals surface area contributed by atoms with Gasteiger partial charge in [0.1, 0.15) is 0 Å². The lowest BCUT2D eigenvalue weighted by Gasteiger charge is -2.26. The number of nitrogens with zero attached hydrogens (tertiary/aromatic N) is 1. The van der Waals surface area contributed by atoms with E-state index in [2.05, 4.69) is 37.4 Å². The molecule has 1 aromatic rings. The summed E-state index contributed by atoms with van der Waals surface area (Å²) in [7, 11) is 1.72. The van der Waals surface area contributed by atoms with Crippen LogP contribution in [0.2, 0.25) is 0 Å². The van der Waals surface area contributed by atoms with Crippen molar-refractivity contribution in [1.29, 1.82) is 0 Å². The Hall–Kier alpha value is -1.55. The number of rotatable bonds is 7. The van der Waals surface area contributed by atoms with E-state index < -0.39 is 0 Å². The van der Waals surface area contributed by atoms with Crippen molar-refractivity contribution in [2.75, 3.05) is 26.8 Å². The van der Waals surface area contributed by atoms with Crippen molar-refractivity contribution in [3.63, 3.8) is 0 Å². The van der Waals surface area contributed by atoms with Gasteiger partial charge in [0.15, 0.2) is 0 Å². The predicted octanol–water partition coefficient (Wildman–Crippen LogP) is 3.97. The first kappa shape index (κ1) is 17.8. The van der Waals surface area contributed by atoms with Crippen molar-refractivity contribution >= 4 is 6.03 Å². The van der Waals surface area contributed by atoms with E-state index in [1.165, 1.54) is 16.7 Å². The molecule has 1 aliphatic heterocycles. The van der Waals surface area contributed by atoms with Gasteiger partial charge in [-0.05, 0) is 62.6 Å². The molecule has 23 heavy (non-hydrogen) atoms. The number of likely N-dealkylation sites (tertiary alicyclic amines) is 1. The van der Waals surface area contributed by atoms with Crippen molar-refractivity contribution in [1.82, 2.24) is 10.2 Å². The summed E-state index contributed by atoms with van der Waals surface area (Å²) in [5.74, 6) is 0. The van der Waals surface area contributed by atoms with E-state index in [-0.39, 0.29) is 12.1 Å². The zero-order valence-corrected chi connectivity index (χ0v) is 14.7. The number of nitrogens with one attached hydrogen (secondary N) is 1. The number of ether oxygens (including phenoxy) is 1. The van der Waals surface area contributed by atoms with Gasteiger partial charge in [-0.1, -0.05) is 18.2 Å². The van der Waals surface area contributed by atoms with Crippen LogP contribution in [0.15, 0.2) is 18.2 Å². The summed E-state index contributed by atoms with van der Waals surface area (Å²) >= 11 is 0. The molecule has 1 unspecified atom stereocenters. The largest absolute Gasteiger partial charge is 0.385 e. The molecule has 4 nitrogen and oxygen atoms in total. The quantitative estimate of drug-likeness (QED) is 0.773. The predicted molar refractivity (Wildman–Crippen MR) is 93.7 cm³/mol. The molecule has 0 spiro atoms. The molecule has 2 amide bonds. The van der Waals surface area contributed by atoms with Gasteiger partial charge < -0.3 is 15.0 Å². The summed E-state index contributed by atoms with van der Waals surface area (Å²) in [4.78, 5) is 14.5. The average molecular weight is 318 g/mol. The number of carbonyl (C=O) groups is 1. The van der Waals surface area contributed by atoms with Crippen LogP contribution in [0.4, 0.5) is 4.79 Å². The molecule has 128 valence electrons. The molecule has 1 atom stereocenters. The Kier molecular flexibility index (Phi) is 6.90. The highest BCUT2D eigenvalue weighted by molar-refractivity contribution is 5.75. The number of hydrogen-bond donors (Lipinski definition) is 1. The standard InChI is InChI=1S/C19H30N2O2/c1-15-9-10-17(14-16(15)2)18-8-7-12-21(18)19(22)20-11-5-4-6-13-23-3/h9-10,14,18H,4-8,11-13H2,1-3H3,(H,20,22). The van der Waals surface area contributed by atoms with Crippen LogP contribution in [0.5, 0.6) is 0 Å². The molecule has 0 aromatic heterocycles. The molecule has 1 aliphatic rings. The monoisotopic (exact) mass is 318 g/mol. The maximum absolute atomic E-state index is 12.5. The van der Waals surface area contributed by atoms with Crippen molar-refractivity contribution in [3.05, 3.63) is 34.9 Å². The molecule has 1 N–H and O–H groups in total. The smallest absolute Gasteiger partial charge is 0.317 e. The summed E-state index contributed by atoms with van der Waals surface area (Å²) in [6.07, 6.45) is 5.30. The van der Waals surface area contributed by atoms with Gasteiger partial charge in [-0.25, -0.2) is 4.79 Å². The molecule has 4 heteroatoms. The summed E-state index contributed by atoms with van der Waals surface area (Å²) in [5, 5.41) is 3.07. The van der Waals surface area contributed by atoms with E-state index in [4.69, 9.17) is 4.74 Å². The molecular weight excluding hydrogens is 288 g/mol. The molecule has 0 radical (unpaired) electrons. The number of unbranched alkanes of at least 4 members (excludes halogenated alkanes) is 2. The summed E-state index contributed by atoms with van der Waals surface area (Å²) < 4.78 is 5.04. The number of amides is 2. The summed E-state index contributed by atoms with van der Waals surface area (Å²) in [5.41, 5.74) is 3.87. The second-order valence-corrected chi connectivity index (χ2v) is 6.48. The Morgan fingerprint density at radius 1 is 1.26 bits per heavy atom. The fourth-order valence-corrected chi connectivity index (χ4v) is 3.17. The number of methoxy groups -OCH3 is 1. The van der Waals surface area contributed by atoms with E-state index in [1.54, 1.807) is 7.11 Å². The average Bonchev–Trinajstić information content (AvgIpc) is 3.03. The van der Waals surface area contributed by atoms with Crippen molar-refractivity contribution in [3.8, 4) is 0 Å². The van der Waals surface area contributed by atoms with Crippen LogP contribution < -0.4 is 5.32 Å². The van der Waals surface area contributed by atoms with Gasteiger partial charge in [-0.2, -0.15) is 0 Å². The van der Waals surface area contributed by atoms with Crippen LogP contribution in [0.3, 0.4) is 0 Å². The van der Waals surface area contributed by atoms with Gasteiger partial charge in [0.05, 0.1) is 6.04 Å². The third-order valence-corrected chi connectivity index (χ3v) is 4.73. The zero-order chi connectivity index (χ0) is 16.7. The number of aryl methyl sites for hydroxylation is 2. The molecule has 0 saturated carbocycles. The molecule has 1 heterocycles. The van der Waals surface area contributed by atoms with E-state index in [0.29, 0.717) is 0 Å². The van der Waals surface area contributed by atoms with E-state index in [9.17, 15) is 4.79 Å². The zero-order valence-electron chi connectivity index (χ0n) is 14.7. The number of carbonyl (C=O) groups excluding carboxylic acids is 1. The van der Waals surface area contributed by atoms with Gasteiger partial charge in [0, 0.05) is 26.8 Å². The van der Waals surface area contributed by atoms with Crippen LogP contribution in [0.1, 0.15) is 54.8 Å². The maximum atomic E-state index is 12.5. The summed E-state index contributed by atoms with van der Waals surface area (Å²) in [6, 6.07) is 6.87. The molecule has 0 bridgehead atoms. The normalized spacial score (nSPS) is 17.5. The Bertz CT molecular complexity index is 516. The Morgan fingerprint density at radius 3 is 2.83 bits per heavy atom. The molecular formula is C19H30N2O2. The SMILES string of the molecule is COCCCCCNC(=O)N1CCCC1c1ccc(C)c(C)c1. The lowest BCUT2D eigenvalue weighted by molar-refractivity contribution is 0.188. The Balaban J connectivity index is 1.85. The highest BCUT2D eigenvalue weighted by Gasteiger charge is 2.29. The minimum Gasteiger partial charge on any atom is -0.385 e. The molecule has 0 aliphatic carbocycles. The van der Waals surface area contributed by atoms with Crippen LogP contribution in [-0.2, 0) is 4.74 Å². The van der Waals surface area contributed by atoms with Gasteiger partial charge in [-0.3, -0.25) is 0 Å². The fraction of sp³-hybridized carbons (Fsp3) is 0.632. The highest BCUT2D eigenvalue weighted by atomic mass is 16.5. The molecule has 1 saturated heterocycles. The third kappa shape index (κ3) is 4.96. The highest BCUT2D eigenvalue weighted by Crippen LogP contribution is 2.32. The van der Waals surface area contributed by atoms with Crippen molar-refractivity contribution in [2.24, 2.45) is 0 Å². The van der Waals surface area contributed by atoms with Crippen LogP contribution in [0, 0.1) is 13.8 Å². The number of urea groups is 1. The minimum absolute atomic E-state index is 0.0810. The first-order valence-corrected chi connectivity index (χ1v) is 8.74. The Labute approximate surface area is 140 Å². The topological polar surface area (TPSA) is 41.6 Å². The molecule has 1 fully saturated rings. The number of hydrogen-bond acceptors (Lipinski definition) is 2. The van der Waals surface area contributed by atoms with Crippen LogP contribution >= 0.6 is 0 Å². The second-order valence-electron chi connectivity index (χ2n) is 6.48. The van der Waals surface area contributed by atoms with Crippen LogP contribution in [0.25, 0.3) is 0 Å². The van der Waals surface area contributed by atoms with Crippen molar-refractivity contribution < 1.29 is 9.53 Å². The maximum Gasteiger partial charge on any atom is 0.317 e. The van der Waals surface area contributed by atoms with Gasteiger partial charge in [0.2, 0.25) is 0 Å². The fourth-order valence-electron chi connectivity index (χ4n) is 3.17. The van der Waals surface area contributed by atoms with Gasteiger partial charge in [0.25, 0.3) is 0 Å². The summed E-state index contributed by atoms with van der Waals surface area (Å²) in [6.45, 7) is 6.67. The minimum atomic E-state index is 0.0810. The lowest BCUT2D eigenvalue weighted by atomic mass is 9.99. The van der Waals surface area contributed by atoms with E-state index >= 15 is 0 Å². The third-order valence-electron chi connectivity index (χ3n) is 4.73. The first-order chi connectivity index (χ1) is 11.1. The van der Waals surface area contributed by atoms with Gasteiger partial charge in [-0.15, -0.1) is 0 Å². The lowest BCUT2D eigenvalue weighted by Crippen LogP contribution is -2.39. The van der Waals surface area contributed by atoms with Crippen molar-refractivity contribution in [2.45, 2.75) is 52.0 Å². The number of benzene rings is 1. The molecule has 1 aromatic carbocycles. The molecule has 2 rings (SSSR count). The first-order valence-electron chi connectivity index (χ1n) is 8.74. The van der Waals surface area contributed by atoms with E-state index in [0.717, 1.165) is 51.8 Å². The van der Waals surface area contributed by atoms with Crippen LogP contribution in [-0.4, -0.2) is 37.7 Å². The second kappa shape index (κ2) is 8.92. The Morgan fingerprint density at radius 2 is 2.09 bits per heavy atom.